The van der Waals surface area contributed by atoms with Crippen LogP contribution in [0.25, 0.3) is 0 Å². The van der Waals surface area contributed by atoms with Crippen LogP contribution in [0.2, 0.25) is 0 Å². The molecule has 0 unspecified atom stereocenters. The fourth-order valence-corrected chi connectivity index (χ4v) is 2.64. The second-order valence-corrected chi connectivity index (χ2v) is 5.52. The van der Waals surface area contributed by atoms with Crippen molar-refractivity contribution in [3.63, 3.8) is 0 Å². The predicted molar refractivity (Wildman–Crippen MR) is 74.6 cm³/mol. The number of aryl methyl sites for hydroxylation is 1. The van der Waals surface area contributed by atoms with Gasteiger partial charge in [0.1, 0.15) is 0 Å². The zero-order chi connectivity index (χ0) is 13.0. The molecule has 0 bridgehead atoms. The Morgan fingerprint density at radius 1 is 1.22 bits per heavy atom. The predicted octanol–water partition coefficient (Wildman–Crippen LogP) is 1.32. The van der Waals surface area contributed by atoms with Gasteiger partial charge in [0.25, 0.3) is 0 Å². The van der Waals surface area contributed by atoms with Crippen LogP contribution in [-0.4, -0.2) is 41.8 Å². The molecule has 100 valence electrons. The fraction of sp³-hybridized carbons (Fsp3) is 0.600. The summed E-state index contributed by atoms with van der Waals surface area (Å²) >= 11 is 0. The molecule has 1 aliphatic rings. The third-order valence-electron chi connectivity index (χ3n) is 3.89. The minimum Gasteiger partial charge on any atom is -0.389 e. The van der Waals surface area contributed by atoms with Crippen molar-refractivity contribution in [3.05, 3.63) is 35.4 Å². The summed E-state index contributed by atoms with van der Waals surface area (Å²) in [7, 11) is 0. The fourth-order valence-electron chi connectivity index (χ4n) is 2.64. The summed E-state index contributed by atoms with van der Waals surface area (Å²) in [5, 5.41) is 10.6. The molecule has 0 atom stereocenters. The number of likely N-dealkylation sites (tertiary alicyclic amines) is 1. The Bertz CT molecular complexity index is 367. The molecule has 1 heterocycles. The Kier molecular flexibility index (Phi) is 4.38. The number of hydrogen-bond donors (Lipinski definition) is 2. The highest BCUT2D eigenvalue weighted by atomic mass is 16.3. The number of benzene rings is 1. The van der Waals surface area contributed by atoms with E-state index in [1.54, 1.807) is 0 Å². The van der Waals surface area contributed by atoms with Crippen LogP contribution in [-0.2, 0) is 6.42 Å². The van der Waals surface area contributed by atoms with Gasteiger partial charge in [0.2, 0.25) is 0 Å². The molecule has 1 aromatic carbocycles. The summed E-state index contributed by atoms with van der Waals surface area (Å²) in [4.78, 5) is 2.34. The maximum atomic E-state index is 10.6. The summed E-state index contributed by atoms with van der Waals surface area (Å²) < 4.78 is 0. The van der Waals surface area contributed by atoms with Crippen LogP contribution < -0.4 is 5.73 Å². The number of nitrogens with two attached hydrogens (primary N) is 1. The van der Waals surface area contributed by atoms with Gasteiger partial charge >= 0.3 is 0 Å². The molecule has 1 aromatic rings. The van der Waals surface area contributed by atoms with Crippen molar-refractivity contribution in [2.75, 3.05) is 26.2 Å². The molecule has 3 heteroatoms. The third-order valence-corrected chi connectivity index (χ3v) is 3.89. The molecule has 0 aromatic heterocycles. The second-order valence-electron chi connectivity index (χ2n) is 5.52. The smallest absolute Gasteiger partial charge is 0.0712 e. The van der Waals surface area contributed by atoms with Gasteiger partial charge in [-0.2, -0.15) is 0 Å². The van der Waals surface area contributed by atoms with Crippen molar-refractivity contribution in [1.82, 2.24) is 4.90 Å². The van der Waals surface area contributed by atoms with E-state index in [9.17, 15) is 5.11 Å². The van der Waals surface area contributed by atoms with E-state index in [0.29, 0.717) is 6.54 Å². The summed E-state index contributed by atoms with van der Waals surface area (Å²) in [5.41, 5.74) is 7.53. The normalized spacial score (nSPS) is 19.9. The number of piperidine rings is 1. The number of rotatable bonds is 4. The standard InChI is InChI=1S/C15H24N2O/c1-13-2-4-14(5-3-13)12-15(18)6-9-17(10-7-15)11-8-16/h2-5,18H,6-12,16H2,1H3. The molecule has 1 aliphatic heterocycles. The molecular formula is C15H24N2O. The Morgan fingerprint density at radius 3 is 2.39 bits per heavy atom. The SMILES string of the molecule is Cc1ccc(CC2(O)CCN(CCN)CC2)cc1. The Balaban J connectivity index is 1.91. The lowest BCUT2D eigenvalue weighted by atomic mass is 9.85. The first kappa shape index (κ1) is 13.5. The molecule has 3 nitrogen and oxygen atoms in total. The number of aliphatic hydroxyl groups is 1. The van der Waals surface area contributed by atoms with E-state index in [1.165, 1.54) is 11.1 Å². The highest BCUT2D eigenvalue weighted by Crippen LogP contribution is 2.26. The Morgan fingerprint density at radius 2 is 1.83 bits per heavy atom. The van der Waals surface area contributed by atoms with Crippen molar-refractivity contribution in [1.29, 1.82) is 0 Å². The van der Waals surface area contributed by atoms with Crippen molar-refractivity contribution >= 4 is 0 Å². The zero-order valence-electron chi connectivity index (χ0n) is 11.2. The highest BCUT2D eigenvalue weighted by molar-refractivity contribution is 5.23. The van der Waals surface area contributed by atoms with Gasteiger partial charge in [-0.3, -0.25) is 0 Å². The minimum atomic E-state index is -0.527. The second kappa shape index (κ2) is 5.83. The molecule has 3 N–H and O–H groups in total. The average molecular weight is 248 g/mol. The molecule has 0 saturated carbocycles. The summed E-state index contributed by atoms with van der Waals surface area (Å²) in [6.45, 7) is 5.65. The molecule has 2 rings (SSSR count). The van der Waals surface area contributed by atoms with Gasteiger partial charge in [-0.15, -0.1) is 0 Å². The molecule has 0 radical (unpaired) electrons. The van der Waals surface area contributed by atoms with Crippen LogP contribution in [0.3, 0.4) is 0 Å². The molecular weight excluding hydrogens is 224 g/mol. The van der Waals surface area contributed by atoms with Gasteiger partial charge in [0.05, 0.1) is 5.60 Å². The number of hydrogen-bond acceptors (Lipinski definition) is 3. The first-order valence-corrected chi connectivity index (χ1v) is 6.82. The van der Waals surface area contributed by atoms with E-state index >= 15 is 0 Å². The van der Waals surface area contributed by atoms with Gasteiger partial charge in [-0.25, -0.2) is 0 Å². The minimum absolute atomic E-state index is 0.527. The van der Waals surface area contributed by atoms with E-state index in [-0.39, 0.29) is 0 Å². The quantitative estimate of drug-likeness (QED) is 0.845. The van der Waals surface area contributed by atoms with Crippen LogP contribution in [0.5, 0.6) is 0 Å². The zero-order valence-corrected chi connectivity index (χ0v) is 11.2. The summed E-state index contributed by atoms with van der Waals surface area (Å²) in [6.07, 6.45) is 2.46. The topological polar surface area (TPSA) is 49.5 Å². The van der Waals surface area contributed by atoms with Gasteiger partial charge in [0, 0.05) is 32.6 Å². The van der Waals surface area contributed by atoms with Crippen molar-refractivity contribution in [2.24, 2.45) is 5.73 Å². The van der Waals surface area contributed by atoms with E-state index in [2.05, 4.69) is 36.1 Å². The van der Waals surface area contributed by atoms with Gasteiger partial charge < -0.3 is 15.7 Å². The Hall–Kier alpha value is -0.900. The van der Waals surface area contributed by atoms with Crippen molar-refractivity contribution in [3.8, 4) is 0 Å². The lowest BCUT2D eigenvalue weighted by molar-refractivity contribution is -0.0198. The van der Waals surface area contributed by atoms with E-state index in [4.69, 9.17) is 5.73 Å². The molecule has 0 spiro atoms. The van der Waals surface area contributed by atoms with Crippen molar-refractivity contribution in [2.45, 2.75) is 31.8 Å². The van der Waals surface area contributed by atoms with Crippen LogP contribution in [0, 0.1) is 6.92 Å². The maximum Gasteiger partial charge on any atom is 0.0712 e. The highest BCUT2D eigenvalue weighted by Gasteiger charge is 2.31. The van der Waals surface area contributed by atoms with Crippen LogP contribution >= 0.6 is 0 Å². The van der Waals surface area contributed by atoms with E-state index in [0.717, 1.165) is 38.9 Å². The molecule has 18 heavy (non-hydrogen) atoms. The average Bonchev–Trinajstić information content (AvgIpc) is 2.36. The van der Waals surface area contributed by atoms with E-state index in [1.807, 2.05) is 0 Å². The third kappa shape index (κ3) is 3.55. The Labute approximate surface area is 110 Å². The molecule has 1 saturated heterocycles. The monoisotopic (exact) mass is 248 g/mol. The molecule has 0 amide bonds. The largest absolute Gasteiger partial charge is 0.389 e. The molecule has 0 aliphatic carbocycles. The van der Waals surface area contributed by atoms with Gasteiger partial charge in [-0.05, 0) is 25.3 Å². The van der Waals surface area contributed by atoms with E-state index < -0.39 is 5.60 Å². The lowest BCUT2D eigenvalue weighted by Gasteiger charge is -2.38. The molecule has 1 fully saturated rings. The first-order valence-electron chi connectivity index (χ1n) is 6.82. The van der Waals surface area contributed by atoms with Crippen LogP contribution in [0.1, 0.15) is 24.0 Å². The van der Waals surface area contributed by atoms with Crippen LogP contribution in [0.4, 0.5) is 0 Å². The van der Waals surface area contributed by atoms with Crippen molar-refractivity contribution < 1.29 is 5.11 Å². The first-order chi connectivity index (χ1) is 8.61. The summed E-state index contributed by atoms with van der Waals surface area (Å²) in [6, 6.07) is 8.48. The number of nitrogens with zero attached hydrogens (tertiary/aromatic N) is 1. The van der Waals surface area contributed by atoms with Gasteiger partial charge in [-0.1, -0.05) is 29.8 Å². The van der Waals surface area contributed by atoms with Gasteiger partial charge in [0.15, 0.2) is 0 Å². The lowest BCUT2D eigenvalue weighted by Crippen LogP contribution is -2.46. The maximum absolute atomic E-state index is 10.6. The summed E-state index contributed by atoms with van der Waals surface area (Å²) in [5.74, 6) is 0. The van der Waals surface area contributed by atoms with Crippen LogP contribution in [0.15, 0.2) is 24.3 Å².